The number of urea groups is 1. The van der Waals surface area contributed by atoms with Crippen LogP contribution >= 0.6 is 0 Å². The minimum atomic E-state index is -0.801. The van der Waals surface area contributed by atoms with E-state index in [0.717, 1.165) is 16.9 Å². The SMILES string of the molecule is C=CCOc1c(CC=C)cc(/C=C2\C(=O)NC(=O)N(Cc3ccc(OCCC)c(OCC)c3)C2=O)cc1OC. The predicted octanol–water partition coefficient (Wildman–Crippen LogP) is 4.84. The molecule has 0 atom stereocenters. The fraction of sp³-hybridized carbons (Fsp3) is 0.300. The highest BCUT2D eigenvalue weighted by atomic mass is 16.5. The first-order valence-electron chi connectivity index (χ1n) is 12.7. The molecule has 206 valence electrons. The van der Waals surface area contributed by atoms with Crippen molar-refractivity contribution in [3.8, 4) is 23.0 Å². The van der Waals surface area contributed by atoms with Crippen LogP contribution in [0.4, 0.5) is 4.79 Å². The van der Waals surface area contributed by atoms with Gasteiger partial charge in [0.25, 0.3) is 11.8 Å². The first kappa shape index (κ1) is 29.0. The van der Waals surface area contributed by atoms with Gasteiger partial charge in [0.15, 0.2) is 23.0 Å². The van der Waals surface area contributed by atoms with Crippen LogP contribution in [0.5, 0.6) is 23.0 Å². The number of allylic oxidation sites excluding steroid dienone is 1. The summed E-state index contributed by atoms with van der Waals surface area (Å²) in [6.45, 7) is 12.5. The molecule has 0 bridgehead atoms. The lowest BCUT2D eigenvalue weighted by Crippen LogP contribution is -2.53. The van der Waals surface area contributed by atoms with E-state index in [4.69, 9.17) is 18.9 Å². The summed E-state index contributed by atoms with van der Waals surface area (Å²) < 4.78 is 22.7. The fourth-order valence-corrected chi connectivity index (χ4v) is 3.97. The summed E-state index contributed by atoms with van der Waals surface area (Å²) in [4.78, 5) is 39.7. The largest absolute Gasteiger partial charge is 0.493 e. The van der Waals surface area contributed by atoms with Gasteiger partial charge in [-0.2, -0.15) is 0 Å². The highest BCUT2D eigenvalue weighted by molar-refractivity contribution is 6.31. The second-order valence-corrected chi connectivity index (χ2v) is 8.58. The molecule has 39 heavy (non-hydrogen) atoms. The molecule has 4 amide bonds. The average molecular weight is 535 g/mol. The first-order valence-corrected chi connectivity index (χ1v) is 12.7. The van der Waals surface area contributed by atoms with Crippen LogP contribution in [0, 0.1) is 0 Å². The third-order valence-electron chi connectivity index (χ3n) is 5.69. The number of carbonyl (C=O) groups is 3. The van der Waals surface area contributed by atoms with Gasteiger partial charge in [-0.25, -0.2) is 4.79 Å². The quantitative estimate of drug-likeness (QED) is 0.210. The Hall–Kier alpha value is -4.53. The van der Waals surface area contributed by atoms with Crippen molar-refractivity contribution < 1.29 is 33.3 Å². The van der Waals surface area contributed by atoms with Gasteiger partial charge >= 0.3 is 6.03 Å². The van der Waals surface area contributed by atoms with Crippen LogP contribution in [0.25, 0.3) is 6.08 Å². The number of nitrogens with one attached hydrogen (secondary N) is 1. The number of benzene rings is 2. The number of barbiturate groups is 1. The summed E-state index contributed by atoms with van der Waals surface area (Å²) in [5.74, 6) is 0.541. The highest BCUT2D eigenvalue weighted by Gasteiger charge is 2.36. The molecule has 1 aliphatic rings. The van der Waals surface area contributed by atoms with Crippen LogP contribution in [0.3, 0.4) is 0 Å². The first-order chi connectivity index (χ1) is 18.9. The topological polar surface area (TPSA) is 103 Å². The molecule has 0 spiro atoms. The Morgan fingerprint density at radius 1 is 0.949 bits per heavy atom. The molecule has 2 aromatic rings. The molecule has 0 saturated carbocycles. The summed E-state index contributed by atoms with van der Waals surface area (Å²) >= 11 is 0. The summed E-state index contributed by atoms with van der Waals surface area (Å²) in [5.41, 5.74) is 1.73. The van der Waals surface area contributed by atoms with Crippen LogP contribution in [0.15, 0.2) is 61.2 Å². The summed E-state index contributed by atoms with van der Waals surface area (Å²) in [6.07, 6.45) is 6.05. The van der Waals surface area contributed by atoms with E-state index in [1.807, 2.05) is 13.8 Å². The van der Waals surface area contributed by atoms with Crippen molar-refractivity contribution in [1.82, 2.24) is 10.2 Å². The molecule has 0 unspecified atom stereocenters. The molecule has 1 heterocycles. The van der Waals surface area contributed by atoms with Crippen molar-refractivity contribution in [3.63, 3.8) is 0 Å². The van der Waals surface area contributed by atoms with Gasteiger partial charge in [0, 0.05) is 5.56 Å². The molecule has 9 nitrogen and oxygen atoms in total. The Kier molecular flexibility index (Phi) is 10.3. The van der Waals surface area contributed by atoms with Crippen LogP contribution in [-0.4, -0.2) is 49.7 Å². The normalized spacial score (nSPS) is 14.2. The molecule has 0 radical (unpaired) electrons. The number of amides is 4. The van der Waals surface area contributed by atoms with Crippen molar-refractivity contribution in [2.75, 3.05) is 26.9 Å². The lowest BCUT2D eigenvalue weighted by molar-refractivity contribution is -0.130. The zero-order valence-electron chi connectivity index (χ0n) is 22.6. The Labute approximate surface area is 228 Å². The Bertz CT molecular complexity index is 1280. The van der Waals surface area contributed by atoms with Crippen LogP contribution in [0.1, 0.15) is 37.0 Å². The monoisotopic (exact) mass is 534 g/mol. The Balaban J connectivity index is 1.94. The van der Waals surface area contributed by atoms with Crippen LogP contribution < -0.4 is 24.3 Å². The van der Waals surface area contributed by atoms with E-state index in [2.05, 4.69) is 18.5 Å². The van der Waals surface area contributed by atoms with Crippen LogP contribution in [0.2, 0.25) is 0 Å². The van der Waals surface area contributed by atoms with Gasteiger partial charge in [-0.15, -0.1) is 6.58 Å². The summed E-state index contributed by atoms with van der Waals surface area (Å²) in [7, 11) is 1.50. The standard InChI is InChI=1S/C30H34N2O7/c1-6-10-22-15-21(18-26(36-5)27(22)39-14-8-3)16-23-28(33)31-30(35)32(29(23)34)19-20-11-12-24(38-13-7-2)25(17-20)37-9-4/h6,8,11-12,15-18H,1,3,7,9-10,13-14,19H2,2,4-5H3,(H,31,33,35)/b23-16+. The number of rotatable bonds is 14. The third kappa shape index (κ3) is 7.07. The van der Waals surface area contributed by atoms with E-state index < -0.39 is 17.8 Å². The molecular formula is C30H34N2O7. The molecule has 1 N–H and O–H groups in total. The maximum absolute atomic E-state index is 13.4. The maximum Gasteiger partial charge on any atom is 0.331 e. The minimum absolute atomic E-state index is 0.0667. The van der Waals surface area contributed by atoms with E-state index in [1.165, 1.54) is 13.2 Å². The number of carbonyl (C=O) groups excluding carboxylic acids is 3. The van der Waals surface area contributed by atoms with Crippen molar-refractivity contribution >= 4 is 23.9 Å². The van der Waals surface area contributed by atoms with Gasteiger partial charge in [-0.1, -0.05) is 31.7 Å². The third-order valence-corrected chi connectivity index (χ3v) is 5.69. The van der Waals surface area contributed by atoms with Crippen molar-refractivity contribution in [2.24, 2.45) is 0 Å². The van der Waals surface area contributed by atoms with Gasteiger partial charge in [-0.05, 0) is 61.2 Å². The molecule has 0 aliphatic carbocycles. The van der Waals surface area contributed by atoms with Gasteiger partial charge in [0.1, 0.15) is 12.2 Å². The number of hydrogen-bond donors (Lipinski definition) is 1. The number of imide groups is 2. The number of nitrogens with zero attached hydrogens (tertiary/aromatic N) is 1. The van der Waals surface area contributed by atoms with E-state index in [1.54, 1.807) is 42.5 Å². The van der Waals surface area contributed by atoms with Crippen molar-refractivity contribution in [2.45, 2.75) is 33.2 Å². The Morgan fingerprint density at radius 2 is 1.74 bits per heavy atom. The number of methoxy groups -OCH3 is 1. The molecule has 1 fully saturated rings. The molecule has 1 aliphatic heterocycles. The van der Waals surface area contributed by atoms with Crippen molar-refractivity contribution in [3.05, 3.63) is 77.9 Å². The lowest BCUT2D eigenvalue weighted by Gasteiger charge is -2.27. The zero-order chi connectivity index (χ0) is 28.4. The minimum Gasteiger partial charge on any atom is -0.493 e. The predicted molar refractivity (Wildman–Crippen MR) is 148 cm³/mol. The molecular weight excluding hydrogens is 500 g/mol. The van der Waals surface area contributed by atoms with Gasteiger partial charge < -0.3 is 18.9 Å². The van der Waals surface area contributed by atoms with E-state index in [9.17, 15) is 14.4 Å². The van der Waals surface area contributed by atoms with Gasteiger partial charge in [-0.3, -0.25) is 19.8 Å². The van der Waals surface area contributed by atoms with E-state index in [0.29, 0.717) is 53.8 Å². The molecule has 3 rings (SSSR count). The van der Waals surface area contributed by atoms with Gasteiger partial charge in [0.05, 0.1) is 26.9 Å². The average Bonchev–Trinajstić information content (AvgIpc) is 2.92. The molecule has 0 aromatic heterocycles. The van der Waals surface area contributed by atoms with E-state index >= 15 is 0 Å². The zero-order valence-corrected chi connectivity index (χ0v) is 22.6. The highest BCUT2D eigenvalue weighted by Crippen LogP contribution is 2.35. The molecule has 9 heteroatoms. The lowest BCUT2D eigenvalue weighted by atomic mass is 10.0. The second kappa shape index (κ2) is 13.9. The summed E-state index contributed by atoms with van der Waals surface area (Å²) in [6, 6.07) is 7.85. The Morgan fingerprint density at radius 3 is 2.41 bits per heavy atom. The van der Waals surface area contributed by atoms with E-state index in [-0.39, 0.29) is 18.7 Å². The van der Waals surface area contributed by atoms with Crippen LogP contribution in [-0.2, 0) is 22.6 Å². The molecule has 2 aromatic carbocycles. The summed E-state index contributed by atoms with van der Waals surface area (Å²) in [5, 5.41) is 2.26. The number of ether oxygens (including phenoxy) is 4. The molecule has 1 saturated heterocycles. The maximum atomic E-state index is 13.4. The second-order valence-electron chi connectivity index (χ2n) is 8.58. The van der Waals surface area contributed by atoms with Gasteiger partial charge in [0.2, 0.25) is 0 Å². The van der Waals surface area contributed by atoms with Crippen molar-refractivity contribution in [1.29, 1.82) is 0 Å². The smallest absolute Gasteiger partial charge is 0.331 e. The number of hydrogen-bond acceptors (Lipinski definition) is 7. The fourth-order valence-electron chi connectivity index (χ4n) is 3.97.